The predicted octanol–water partition coefficient (Wildman–Crippen LogP) is 4.20. The van der Waals surface area contributed by atoms with Crippen molar-refractivity contribution < 1.29 is 0 Å². The highest BCUT2D eigenvalue weighted by molar-refractivity contribution is 7.98. The molecule has 1 aliphatic heterocycles. The van der Waals surface area contributed by atoms with Crippen molar-refractivity contribution in [1.82, 2.24) is 4.98 Å². The van der Waals surface area contributed by atoms with E-state index in [1.807, 2.05) is 18.0 Å². The van der Waals surface area contributed by atoms with Gasteiger partial charge in [0, 0.05) is 30.4 Å². The Hall–Kier alpha value is -1.22. The van der Waals surface area contributed by atoms with Crippen LogP contribution in [0.4, 0.5) is 5.69 Å². The van der Waals surface area contributed by atoms with Crippen molar-refractivity contribution in [2.75, 3.05) is 30.0 Å². The smallest absolute Gasteiger partial charge is 0.0722 e. The van der Waals surface area contributed by atoms with E-state index in [9.17, 15) is 0 Å². The lowest BCUT2D eigenvalue weighted by molar-refractivity contribution is 0.398. The summed E-state index contributed by atoms with van der Waals surface area (Å²) in [4.78, 5) is 7.00. The number of piperidine rings is 1. The van der Waals surface area contributed by atoms with Gasteiger partial charge in [0.1, 0.15) is 0 Å². The van der Waals surface area contributed by atoms with E-state index in [0.29, 0.717) is 0 Å². The van der Waals surface area contributed by atoms with Crippen LogP contribution in [0.1, 0.15) is 19.3 Å². The molecule has 0 saturated carbocycles. The second-order valence-corrected chi connectivity index (χ2v) is 6.54. The molecular formula is C17H22N2S. The SMILES string of the molecule is CSCCC1CCN(c2ccnc3ccccc23)CC1. The number of pyridine rings is 1. The van der Waals surface area contributed by atoms with E-state index in [0.717, 1.165) is 11.4 Å². The highest BCUT2D eigenvalue weighted by Crippen LogP contribution is 2.30. The monoisotopic (exact) mass is 286 g/mol. The van der Waals surface area contributed by atoms with Crippen LogP contribution in [0.5, 0.6) is 0 Å². The van der Waals surface area contributed by atoms with Crippen molar-refractivity contribution in [3.8, 4) is 0 Å². The summed E-state index contributed by atoms with van der Waals surface area (Å²) in [6.45, 7) is 2.38. The molecule has 1 aromatic heterocycles. The fourth-order valence-corrected chi connectivity index (χ4v) is 3.67. The first kappa shape index (κ1) is 13.7. The maximum absolute atomic E-state index is 4.46. The third-order valence-corrected chi connectivity index (χ3v) is 4.96. The Bertz CT molecular complexity index is 556. The summed E-state index contributed by atoms with van der Waals surface area (Å²) in [5, 5.41) is 1.29. The zero-order chi connectivity index (χ0) is 13.8. The highest BCUT2D eigenvalue weighted by atomic mass is 32.2. The molecule has 0 bridgehead atoms. The van der Waals surface area contributed by atoms with Crippen molar-refractivity contribution in [2.24, 2.45) is 5.92 Å². The van der Waals surface area contributed by atoms with E-state index in [2.05, 4.69) is 46.5 Å². The van der Waals surface area contributed by atoms with Crippen LogP contribution in [-0.4, -0.2) is 30.1 Å². The van der Waals surface area contributed by atoms with Crippen LogP contribution in [0.2, 0.25) is 0 Å². The van der Waals surface area contributed by atoms with Gasteiger partial charge in [-0.15, -0.1) is 0 Å². The number of anilines is 1. The minimum atomic E-state index is 0.923. The summed E-state index contributed by atoms with van der Waals surface area (Å²) < 4.78 is 0. The highest BCUT2D eigenvalue weighted by Gasteiger charge is 2.20. The maximum Gasteiger partial charge on any atom is 0.0722 e. The molecule has 1 aliphatic rings. The first-order valence-electron chi connectivity index (χ1n) is 7.46. The molecule has 2 aromatic rings. The molecule has 0 amide bonds. The maximum atomic E-state index is 4.46. The molecule has 1 saturated heterocycles. The molecule has 20 heavy (non-hydrogen) atoms. The Balaban J connectivity index is 1.74. The summed E-state index contributed by atoms with van der Waals surface area (Å²) in [7, 11) is 0. The van der Waals surface area contributed by atoms with Crippen LogP contribution in [0.3, 0.4) is 0 Å². The zero-order valence-corrected chi connectivity index (χ0v) is 12.9. The summed E-state index contributed by atoms with van der Waals surface area (Å²) >= 11 is 1.97. The predicted molar refractivity (Wildman–Crippen MR) is 89.7 cm³/mol. The Kier molecular flexibility index (Phi) is 4.46. The van der Waals surface area contributed by atoms with E-state index in [-0.39, 0.29) is 0 Å². The van der Waals surface area contributed by atoms with Crippen LogP contribution in [0, 0.1) is 5.92 Å². The van der Waals surface area contributed by atoms with Gasteiger partial charge in [0.25, 0.3) is 0 Å². The van der Waals surface area contributed by atoms with Gasteiger partial charge in [-0.1, -0.05) is 18.2 Å². The van der Waals surface area contributed by atoms with Gasteiger partial charge >= 0.3 is 0 Å². The molecule has 0 radical (unpaired) electrons. The number of fused-ring (bicyclic) bond motifs is 1. The molecule has 0 unspecified atom stereocenters. The first-order chi connectivity index (χ1) is 9.88. The van der Waals surface area contributed by atoms with Crippen molar-refractivity contribution in [2.45, 2.75) is 19.3 Å². The van der Waals surface area contributed by atoms with Gasteiger partial charge in [0.2, 0.25) is 0 Å². The number of benzene rings is 1. The molecule has 0 spiro atoms. The van der Waals surface area contributed by atoms with Gasteiger partial charge in [-0.05, 0) is 49.3 Å². The van der Waals surface area contributed by atoms with Gasteiger partial charge in [-0.2, -0.15) is 11.8 Å². The van der Waals surface area contributed by atoms with Gasteiger partial charge in [0.05, 0.1) is 5.52 Å². The topological polar surface area (TPSA) is 16.1 Å². The number of aromatic nitrogens is 1. The number of hydrogen-bond acceptors (Lipinski definition) is 3. The van der Waals surface area contributed by atoms with E-state index in [4.69, 9.17) is 0 Å². The normalized spacial score (nSPS) is 16.8. The number of rotatable bonds is 4. The number of hydrogen-bond donors (Lipinski definition) is 0. The summed E-state index contributed by atoms with van der Waals surface area (Å²) in [6.07, 6.45) is 8.19. The summed E-state index contributed by atoms with van der Waals surface area (Å²) in [6, 6.07) is 10.6. The second kappa shape index (κ2) is 6.49. The zero-order valence-electron chi connectivity index (χ0n) is 12.1. The average molecular weight is 286 g/mol. The lowest BCUT2D eigenvalue weighted by Crippen LogP contribution is -2.33. The van der Waals surface area contributed by atoms with Crippen molar-refractivity contribution in [3.05, 3.63) is 36.5 Å². The van der Waals surface area contributed by atoms with Crippen LogP contribution in [0.25, 0.3) is 10.9 Å². The van der Waals surface area contributed by atoms with E-state index >= 15 is 0 Å². The summed E-state index contributed by atoms with van der Waals surface area (Å²) in [5.74, 6) is 2.23. The fourth-order valence-electron chi connectivity index (χ4n) is 3.10. The largest absolute Gasteiger partial charge is 0.371 e. The van der Waals surface area contributed by atoms with Gasteiger partial charge < -0.3 is 4.90 Å². The molecule has 2 heterocycles. The van der Waals surface area contributed by atoms with E-state index in [1.54, 1.807) is 0 Å². The molecule has 3 heteroatoms. The van der Waals surface area contributed by atoms with E-state index < -0.39 is 0 Å². The Morgan fingerprint density at radius 1 is 1.20 bits per heavy atom. The lowest BCUT2D eigenvalue weighted by atomic mass is 9.94. The summed E-state index contributed by atoms with van der Waals surface area (Å²) in [5.41, 5.74) is 2.47. The fraction of sp³-hybridized carbons (Fsp3) is 0.471. The number of nitrogens with zero attached hydrogens (tertiary/aromatic N) is 2. The van der Waals surface area contributed by atoms with Crippen molar-refractivity contribution in [1.29, 1.82) is 0 Å². The Labute approximate surface area is 125 Å². The van der Waals surface area contributed by atoms with Crippen molar-refractivity contribution in [3.63, 3.8) is 0 Å². The molecule has 3 rings (SSSR count). The van der Waals surface area contributed by atoms with Crippen molar-refractivity contribution >= 4 is 28.4 Å². The number of para-hydroxylation sites is 1. The number of thioether (sulfide) groups is 1. The van der Waals surface area contributed by atoms with Gasteiger partial charge in [0.15, 0.2) is 0 Å². The lowest BCUT2D eigenvalue weighted by Gasteiger charge is -2.34. The third kappa shape index (κ3) is 2.93. The standard InChI is InChI=1S/C17H22N2S/c1-20-13-9-14-7-11-19(12-8-14)17-6-10-18-16-5-3-2-4-15(16)17/h2-6,10,14H,7-9,11-13H2,1H3. The molecule has 1 fully saturated rings. The quantitative estimate of drug-likeness (QED) is 0.838. The minimum Gasteiger partial charge on any atom is -0.371 e. The molecule has 0 aliphatic carbocycles. The minimum absolute atomic E-state index is 0.923. The van der Waals surface area contributed by atoms with Crippen LogP contribution < -0.4 is 4.90 Å². The average Bonchev–Trinajstić information content (AvgIpc) is 2.53. The van der Waals surface area contributed by atoms with Crippen LogP contribution in [0.15, 0.2) is 36.5 Å². The molecule has 2 nitrogen and oxygen atoms in total. The second-order valence-electron chi connectivity index (χ2n) is 5.56. The van der Waals surface area contributed by atoms with Gasteiger partial charge in [-0.3, -0.25) is 4.98 Å². The Morgan fingerprint density at radius 2 is 2.00 bits per heavy atom. The van der Waals surface area contributed by atoms with E-state index in [1.165, 1.54) is 49.2 Å². The molecule has 0 atom stereocenters. The first-order valence-corrected chi connectivity index (χ1v) is 8.85. The Morgan fingerprint density at radius 3 is 2.80 bits per heavy atom. The molecular weight excluding hydrogens is 264 g/mol. The third-order valence-electron chi connectivity index (χ3n) is 4.31. The molecule has 1 aromatic carbocycles. The molecule has 106 valence electrons. The molecule has 0 N–H and O–H groups in total. The van der Waals surface area contributed by atoms with Gasteiger partial charge in [-0.25, -0.2) is 0 Å². The van der Waals surface area contributed by atoms with Crippen LogP contribution >= 0.6 is 11.8 Å². The van der Waals surface area contributed by atoms with Crippen LogP contribution in [-0.2, 0) is 0 Å².